The third-order valence-electron chi connectivity index (χ3n) is 6.74. The molecule has 0 spiro atoms. The van der Waals surface area contributed by atoms with Crippen molar-refractivity contribution in [2.45, 2.75) is 69.0 Å². The number of likely N-dealkylation sites (tertiary alicyclic amines) is 1. The van der Waals surface area contributed by atoms with Crippen molar-refractivity contribution in [1.29, 1.82) is 0 Å². The van der Waals surface area contributed by atoms with Crippen LogP contribution in [0.25, 0.3) is 0 Å². The van der Waals surface area contributed by atoms with Gasteiger partial charge in [0.15, 0.2) is 0 Å². The highest BCUT2D eigenvalue weighted by atomic mass is 16.5. The zero-order valence-electron chi connectivity index (χ0n) is 18.3. The molecule has 2 aliphatic heterocycles. The van der Waals surface area contributed by atoms with Gasteiger partial charge in [0.25, 0.3) is 0 Å². The highest BCUT2D eigenvalue weighted by Gasteiger charge is 2.57. The number of carbonyl (C=O) groups excluding carboxylic acids is 3. The second kappa shape index (κ2) is 8.33. The van der Waals surface area contributed by atoms with E-state index < -0.39 is 5.41 Å². The molecular weight excluding hydrogens is 392 g/mol. The molecule has 2 heterocycles. The maximum atomic E-state index is 13.7. The lowest BCUT2D eigenvalue weighted by molar-refractivity contribution is -0.144. The monoisotopic (exact) mass is 422 g/mol. The van der Waals surface area contributed by atoms with E-state index in [1.165, 1.54) is 4.90 Å². The van der Waals surface area contributed by atoms with Gasteiger partial charge in [-0.25, -0.2) is 0 Å². The first-order chi connectivity index (χ1) is 14.9. The Hall–Kier alpha value is -2.89. The Labute approximate surface area is 183 Å². The minimum absolute atomic E-state index is 0.0133. The molecule has 3 aliphatic rings. The molecule has 0 aromatic heterocycles. The van der Waals surface area contributed by atoms with Crippen LogP contribution in [0.5, 0.6) is 5.75 Å². The SMILES string of the molecule is C=CC[C@@H]1CC=C[C@@H](C)N1C(=O)C[C@]1(c2ccc(OC)cc2)CC(=O)N(C2CC2)C1=O. The molecule has 0 bridgehead atoms. The molecule has 3 atom stereocenters. The van der Waals surface area contributed by atoms with E-state index in [9.17, 15) is 14.4 Å². The number of hydrogen-bond donors (Lipinski definition) is 0. The summed E-state index contributed by atoms with van der Waals surface area (Å²) < 4.78 is 5.26. The van der Waals surface area contributed by atoms with Crippen LogP contribution in [0.1, 0.15) is 51.0 Å². The lowest BCUT2D eigenvalue weighted by atomic mass is 9.75. The van der Waals surface area contributed by atoms with Gasteiger partial charge in [0, 0.05) is 31.0 Å². The largest absolute Gasteiger partial charge is 0.497 e. The van der Waals surface area contributed by atoms with Crippen LogP contribution in [0, 0.1) is 0 Å². The molecular formula is C25H30N2O4. The molecule has 0 radical (unpaired) electrons. The highest BCUT2D eigenvalue weighted by molar-refractivity contribution is 6.11. The molecule has 0 unspecified atom stereocenters. The van der Waals surface area contributed by atoms with E-state index in [0.29, 0.717) is 17.7 Å². The molecule has 6 heteroatoms. The minimum atomic E-state index is -1.16. The summed E-state index contributed by atoms with van der Waals surface area (Å²) in [5.41, 5.74) is -0.466. The standard InChI is InChI=1S/C25H30N2O4/c1-4-6-19-8-5-7-17(2)26(19)22(28)15-25(18-9-13-21(31-3)14-10-18)16-23(29)27(24(25)30)20-11-12-20/h4-5,7,9-10,13-14,17,19-20H,1,6,8,11-12,15-16H2,2-3H3/t17-,19-,25-/m1/s1. The first-order valence-corrected chi connectivity index (χ1v) is 11.0. The van der Waals surface area contributed by atoms with Crippen LogP contribution >= 0.6 is 0 Å². The number of hydrogen-bond acceptors (Lipinski definition) is 4. The van der Waals surface area contributed by atoms with E-state index in [1.54, 1.807) is 19.2 Å². The third-order valence-corrected chi connectivity index (χ3v) is 6.74. The van der Waals surface area contributed by atoms with Crippen molar-refractivity contribution in [3.05, 3.63) is 54.6 Å². The number of nitrogens with zero attached hydrogens (tertiary/aromatic N) is 2. The van der Waals surface area contributed by atoms with Crippen molar-refractivity contribution in [1.82, 2.24) is 9.80 Å². The van der Waals surface area contributed by atoms with Crippen LogP contribution < -0.4 is 4.74 Å². The maximum absolute atomic E-state index is 13.7. The summed E-state index contributed by atoms with van der Waals surface area (Å²) >= 11 is 0. The van der Waals surface area contributed by atoms with E-state index in [1.807, 2.05) is 36.1 Å². The average Bonchev–Trinajstić information content (AvgIpc) is 3.55. The predicted octanol–water partition coefficient (Wildman–Crippen LogP) is 3.37. The second-order valence-electron chi connectivity index (χ2n) is 8.85. The summed E-state index contributed by atoms with van der Waals surface area (Å²) in [7, 11) is 1.58. The molecule has 31 heavy (non-hydrogen) atoms. The van der Waals surface area contributed by atoms with Crippen molar-refractivity contribution in [3.8, 4) is 5.75 Å². The van der Waals surface area contributed by atoms with Gasteiger partial charge in [-0.3, -0.25) is 19.3 Å². The molecule has 1 aliphatic carbocycles. The number of ether oxygens (including phenoxy) is 1. The van der Waals surface area contributed by atoms with Gasteiger partial charge in [-0.2, -0.15) is 0 Å². The molecule has 4 rings (SSSR count). The van der Waals surface area contributed by atoms with Gasteiger partial charge in [0.05, 0.1) is 12.5 Å². The Balaban J connectivity index is 1.70. The Morgan fingerprint density at radius 3 is 2.58 bits per heavy atom. The second-order valence-corrected chi connectivity index (χ2v) is 8.85. The number of methoxy groups -OCH3 is 1. The van der Waals surface area contributed by atoms with E-state index in [0.717, 1.165) is 19.3 Å². The fourth-order valence-electron chi connectivity index (χ4n) is 4.99. The van der Waals surface area contributed by atoms with Gasteiger partial charge < -0.3 is 9.64 Å². The summed E-state index contributed by atoms with van der Waals surface area (Å²) in [6.07, 6.45) is 9.12. The molecule has 3 amide bonds. The fourth-order valence-corrected chi connectivity index (χ4v) is 4.99. The highest BCUT2D eigenvalue weighted by Crippen LogP contribution is 2.45. The number of amides is 3. The number of rotatable bonds is 7. The molecule has 164 valence electrons. The van der Waals surface area contributed by atoms with Gasteiger partial charge in [0.2, 0.25) is 17.7 Å². The predicted molar refractivity (Wildman–Crippen MR) is 117 cm³/mol. The van der Waals surface area contributed by atoms with Crippen LogP contribution in [-0.4, -0.2) is 52.8 Å². The van der Waals surface area contributed by atoms with Crippen LogP contribution in [0.3, 0.4) is 0 Å². The summed E-state index contributed by atoms with van der Waals surface area (Å²) in [6.45, 7) is 5.82. The molecule has 2 fully saturated rings. The molecule has 1 saturated carbocycles. The Morgan fingerprint density at radius 1 is 1.26 bits per heavy atom. The molecule has 1 aromatic rings. The van der Waals surface area contributed by atoms with E-state index >= 15 is 0 Å². The first-order valence-electron chi connectivity index (χ1n) is 11.0. The summed E-state index contributed by atoms with van der Waals surface area (Å²) in [6, 6.07) is 7.14. The van der Waals surface area contributed by atoms with E-state index in [2.05, 4.69) is 12.7 Å². The van der Waals surface area contributed by atoms with Crippen molar-refractivity contribution in [2.75, 3.05) is 7.11 Å². The van der Waals surface area contributed by atoms with Gasteiger partial charge in [-0.15, -0.1) is 6.58 Å². The summed E-state index contributed by atoms with van der Waals surface area (Å²) in [5.74, 6) is 0.157. The lowest BCUT2D eigenvalue weighted by Gasteiger charge is -2.39. The molecule has 0 N–H and O–H groups in total. The zero-order chi connectivity index (χ0) is 22.2. The van der Waals surface area contributed by atoms with Crippen molar-refractivity contribution in [2.24, 2.45) is 0 Å². The summed E-state index contributed by atoms with van der Waals surface area (Å²) in [5, 5.41) is 0. The molecule has 6 nitrogen and oxygen atoms in total. The van der Waals surface area contributed by atoms with Crippen LogP contribution in [0.4, 0.5) is 0 Å². The van der Waals surface area contributed by atoms with Gasteiger partial charge in [-0.05, 0) is 50.3 Å². The summed E-state index contributed by atoms with van der Waals surface area (Å²) in [4.78, 5) is 43.5. The Kier molecular flexibility index (Phi) is 5.73. The van der Waals surface area contributed by atoms with Crippen molar-refractivity contribution in [3.63, 3.8) is 0 Å². The number of benzene rings is 1. The normalized spacial score (nSPS) is 28.2. The van der Waals surface area contributed by atoms with E-state index in [4.69, 9.17) is 4.74 Å². The Bertz CT molecular complexity index is 918. The quantitative estimate of drug-likeness (QED) is 0.499. The smallest absolute Gasteiger partial charge is 0.241 e. The Morgan fingerprint density at radius 2 is 1.97 bits per heavy atom. The number of imide groups is 1. The minimum Gasteiger partial charge on any atom is -0.497 e. The zero-order valence-corrected chi connectivity index (χ0v) is 18.3. The van der Waals surface area contributed by atoms with Crippen LogP contribution in [0.15, 0.2) is 49.1 Å². The van der Waals surface area contributed by atoms with Gasteiger partial charge in [-0.1, -0.05) is 30.4 Å². The average molecular weight is 423 g/mol. The third kappa shape index (κ3) is 3.80. The fraction of sp³-hybridized carbons (Fsp3) is 0.480. The molecule has 1 saturated heterocycles. The molecule has 1 aromatic carbocycles. The van der Waals surface area contributed by atoms with Crippen LogP contribution in [-0.2, 0) is 19.8 Å². The van der Waals surface area contributed by atoms with Crippen molar-refractivity contribution < 1.29 is 19.1 Å². The number of carbonyl (C=O) groups is 3. The van der Waals surface area contributed by atoms with Gasteiger partial charge >= 0.3 is 0 Å². The maximum Gasteiger partial charge on any atom is 0.241 e. The van der Waals surface area contributed by atoms with E-state index in [-0.39, 0.29) is 48.7 Å². The van der Waals surface area contributed by atoms with Crippen molar-refractivity contribution >= 4 is 17.7 Å². The lowest BCUT2D eigenvalue weighted by Crippen LogP contribution is -2.50. The van der Waals surface area contributed by atoms with Crippen LogP contribution in [0.2, 0.25) is 0 Å². The van der Waals surface area contributed by atoms with Gasteiger partial charge in [0.1, 0.15) is 5.75 Å². The topological polar surface area (TPSA) is 66.9 Å². The first kappa shape index (κ1) is 21.3.